The second-order valence-electron chi connectivity index (χ2n) is 4.81. The van der Waals surface area contributed by atoms with E-state index in [-0.39, 0.29) is 5.75 Å². The quantitative estimate of drug-likeness (QED) is 0.808. The van der Waals surface area contributed by atoms with E-state index in [1.807, 2.05) is 0 Å². The number of carbonyl (C=O) groups is 1. The molecular formula is C11H18N4O3S. The average Bonchev–Trinajstić information content (AvgIpc) is 2.55. The van der Waals surface area contributed by atoms with Crippen LogP contribution in [0.5, 0.6) is 0 Å². The van der Waals surface area contributed by atoms with Crippen LogP contribution in [-0.2, 0) is 21.7 Å². The fourth-order valence-electron chi connectivity index (χ4n) is 2.27. The van der Waals surface area contributed by atoms with Gasteiger partial charge in [0.2, 0.25) is 5.91 Å². The standard InChI is InChI=1S/C11H18N4O3S/c1-7-9(12)10(15(2)14-7)13-11(16)8-5-3-4-6-19(8,17)18/h8H,3-6,12H2,1-2H3,(H,13,16). The Labute approximate surface area is 112 Å². The lowest BCUT2D eigenvalue weighted by Gasteiger charge is -2.21. The molecule has 3 N–H and O–H groups in total. The number of carbonyl (C=O) groups excluding carboxylic acids is 1. The molecule has 2 rings (SSSR count). The summed E-state index contributed by atoms with van der Waals surface area (Å²) in [5, 5.41) is 5.68. The molecule has 0 aliphatic carbocycles. The lowest BCUT2D eigenvalue weighted by Crippen LogP contribution is -2.39. The summed E-state index contributed by atoms with van der Waals surface area (Å²) >= 11 is 0. The zero-order valence-corrected chi connectivity index (χ0v) is 11.8. The molecule has 1 aliphatic heterocycles. The topological polar surface area (TPSA) is 107 Å². The van der Waals surface area contributed by atoms with Crippen molar-refractivity contribution in [3.63, 3.8) is 0 Å². The second kappa shape index (κ2) is 4.84. The average molecular weight is 286 g/mol. The fraction of sp³-hybridized carbons (Fsp3) is 0.636. The number of nitrogens with two attached hydrogens (primary N) is 1. The molecule has 1 unspecified atom stereocenters. The van der Waals surface area contributed by atoms with Gasteiger partial charge in [-0.15, -0.1) is 0 Å². The first-order valence-electron chi connectivity index (χ1n) is 6.14. The van der Waals surface area contributed by atoms with E-state index in [0.29, 0.717) is 30.0 Å². The van der Waals surface area contributed by atoms with Gasteiger partial charge in [-0.25, -0.2) is 8.42 Å². The minimum absolute atomic E-state index is 0.0744. The Morgan fingerprint density at radius 1 is 1.47 bits per heavy atom. The summed E-state index contributed by atoms with van der Waals surface area (Å²) in [6, 6.07) is 0. The molecule has 1 amide bonds. The van der Waals surface area contributed by atoms with Crippen LogP contribution in [0.2, 0.25) is 0 Å². The largest absolute Gasteiger partial charge is 0.394 e. The van der Waals surface area contributed by atoms with Gasteiger partial charge in [-0.2, -0.15) is 5.10 Å². The third kappa shape index (κ3) is 2.58. The zero-order valence-electron chi connectivity index (χ0n) is 11.0. The van der Waals surface area contributed by atoms with Gasteiger partial charge in [0, 0.05) is 7.05 Å². The number of anilines is 2. The van der Waals surface area contributed by atoms with E-state index in [4.69, 9.17) is 5.73 Å². The van der Waals surface area contributed by atoms with Crippen LogP contribution < -0.4 is 11.1 Å². The van der Waals surface area contributed by atoms with Crippen LogP contribution in [0.4, 0.5) is 11.5 Å². The molecule has 0 radical (unpaired) electrons. The maximum atomic E-state index is 12.1. The van der Waals surface area contributed by atoms with E-state index < -0.39 is 21.0 Å². The molecule has 2 heterocycles. The molecular weight excluding hydrogens is 268 g/mol. The number of nitrogens with zero attached hydrogens (tertiary/aromatic N) is 2. The zero-order chi connectivity index (χ0) is 14.2. The number of aromatic nitrogens is 2. The van der Waals surface area contributed by atoms with Crippen LogP contribution in [0, 0.1) is 6.92 Å². The predicted molar refractivity (Wildman–Crippen MR) is 72.4 cm³/mol. The number of sulfone groups is 1. The molecule has 1 saturated heterocycles. The van der Waals surface area contributed by atoms with Gasteiger partial charge in [-0.1, -0.05) is 6.42 Å². The normalized spacial score (nSPS) is 22.1. The Hall–Kier alpha value is -1.57. The highest BCUT2D eigenvalue weighted by atomic mass is 32.2. The molecule has 1 aromatic rings. The molecule has 1 aliphatic rings. The maximum absolute atomic E-state index is 12.1. The van der Waals surface area contributed by atoms with E-state index >= 15 is 0 Å². The summed E-state index contributed by atoms with van der Waals surface area (Å²) in [5.41, 5.74) is 6.77. The Balaban J connectivity index is 2.21. The van der Waals surface area contributed by atoms with Crippen LogP contribution in [0.15, 0.2) is 0 Å². The Kier molecular flexibility index (Phi) is 3.53. The van der Waals surface area contributed by atoms with Gasteiger partial charge in [0.1, 0.15) is 5.25 Å². The first-order chi connectivity index (χ1) is 8.83. The molecule has 106 valence electrons. The lowest BCUT2D eigenvalue weighted by atomic mass is 10.2. The molecule has 0 spiro atoms. The molecule has 0 aromatic carbocycles. The predicted octanol–water partition coefficient (Wildman–Crippen LogP) is 0.217. The van der Waals surface area contributed by atoms with Crippen LogP contribution >= 0.6 is 0 Å². The van der Waals surface area contributed by atoms with E-state index in [0.717, 1.165) is 6.42 Å². The van der Waals surface area contributed by atoms with Gasteiger partial charge in [0.05, 0.1) is 17.1 Å². The molecule has 0 saturated carbocycles. The smallest absolute Gasteiger partial charge is 0.243 e. The van der Waals surface area contributed by atoms with Gasteiger partial charge in [0.25, 0.3) is 0 Å². The maximum Gasteiger partial charge on any atom is 0.243 e. The van der Waals surface area contributed by atoms with Gasteiger partial charge < -0.3 is 11.1 Å². The minimum atomic E-state index is -3.34. The second-order valence-corrected chi connectivity index (χ2v) is 7.11. The molecule has 7 nitrogen and oxygen atoms in total. The monoisotopic (exact) mass is 286 g/mol. The Morgan fingerprint density at radius 3 is 2.68 bits per heavy atom. The van der Waals surface area contributed by atoms with Crippen molar-refractivity contribution in [3.05, 3.63) is 5.69 Å². The van der Waals surface area contributed by atoms with E-state index in [9.17, 15) is 13.2 Å². The molecule has 19 heavy (non-hydrogen) atoms. The van der Waals surface area contributed by atoms with Crippen LogP contribution in [0.1, 0.15) is 25.0 Å². The number of hydrogen-bond acceptors (Lipinski definition) is 5. The third-order valence-electron chi connectivity index (χ3n) is 3.38. The Morgan fingerprint density at radius 2 is 2.16 bits per heavy atom. The summed E-state index contributed by atoms with van der Waals surface area (Å²) < 4.78 is 25.2. The van der Waals surface area contributed by atoms with Crippen molar-refractivity contribution in [2.45, 2.75) is 31.4 Å². The summed E-state index contributed by atoms with van der Waals surface area (Å²) in [7, 11) is -1.70. The first kappa shape index (κ1) is 13.9. The van der Waals surface area contributed by atoms with E-state index in [2.05, 4.69) is 10.4 Å². The van der Waals surface area contributed by atoms with E-state index in [1.165, 1.54) is 4.68 Å². The summed E-state index contributed by atoms with van der Waals surface area (Å²) in [6.45, 7) is 1.72. The highest BCUT2D eigenvalue weighted by molar-refractivity contribution is 7.92. The van der Waals surface area contributed by atoms with E-state index in [1.54, 1.807) is 14.0 Å². The number of aryl methyl sites for hydroxylation is 2. The van der Waals surface area contributed by atoms with Crippen molar-refractivity contribution >= 4 is 27.2 Å². The highest BCUT2D eigenvalue weighted by Gasteiger charge is 2.35. The van der Waals surface area contributed by atoms with Gasteiger partial charge in [-0.05, 0) is 19.8 Å². The molecule has 0 bridgehead atoms. The third-order valence-corrected chi connectivity index (χ3v) is 5.56. The number of nitrogens with one attached hydrogen (secondary N) is 1. The van der Waals surface area contributed by atoms with Crippen molar-refractivity contribution in [1.82, 2.24) is 9.78 Å². The van der Waals surface area contributed by atoms with Gasteiger partial charge in [0.15, 0.2) is 15.7 Å². The number of rotatable bonds is 2. The number of nitrogen functional groups attached to an aromatic ring is 1. The van der Waals surface area contributed by atoms with Gasteiger partial charge in [-0.3, -0.25) is 9.48 Å². The highest BCUT2D eigenvalue weighted by Crippen LogP contribution is 2.24. The van der Waals surface area contributed by atoms with Crippen LogP contribution in [0.25, 0.3) is 0 Å². The molecule has 8 heteroatoms. The van der Waals surface area contributed by atoms with Crippen molar-refractivity contribution in [3.8, 4) is 0 Å². The van der Waals surface area contributed by atoms with Crippen molar-refractivity contribution in [1.29, 1.82) is 0 Å². The SMILES string of the molecule is Cc1nn(C)c(NC(=O)C2CCCCS2(=O)=O)c1N. The first-order valence-corrected chi connectivity index (χ1v) is 7.86. The van der Waals surface area contributed by atoms with Crippen LogP contribution in [0.3, 0.4) is 0 Å². The molecule has 1 fully saturated rings. The van der Waals surface area contributed by atoms with Crippen LogP contribution in [-0.4, -0.2) is 35.1 Å². The molecule has 1 atom stereocenters. The number of hydrogen-bond donors (Lipinski definition) is 2. The Bertz CT molecular complexity index is 606. The van der Waals surface area contributed by atoms with Crippen molar-refractivity contribution < 1.29 is 13.2 Å². The minimum Gasteiger partial charge on any atom is -0.394 e. The summed E-state index contributed by atoms with van der Waals surface area (Å²) in [5.74, 6) is -0.0944. The lowest BCUT2D eigenvalue weighted by molar-refractivity contribution is -0.116. The number of amides is 1. The molecule has 1 aromatic heterocycles. The van der Waals surface area contributed by atoms with Crippen molar-refractivity contribution in [2.75, 3.05) is 16.8 Å². The van der Waals surface area contributed by atoms with Crippen molar-refractivity contribution in [2.24, 2.45) is 7.05 Å². The fourth-order valence-corrected chi connectivity index (χ4v) is 4.07. The summed E-state index contributed by atoms with van der Waals surface area (Å²) in [4.78, 5) is 12.1. The van der Waals surface area contributed by atoms with Gasteiger partial charge >= 0.3 is 0 Å². The summed E-state index contributed by atoms with van der Waals surface area (Å²) in [6.07, 6.45) is 1.74.